The average Bonchev–Trinajstić information content (AvgIpc) is 2.69. The third-order valence-electron chi connectivity index (χ3n) is 4.93. The van der Waals surface area contributed by atoms with Crippen LogP contribution in [0, 0.1) is 6.92 Å². The SMILES string of the molecule is Cc1ccc(NC(=O)Nc2cccc([C@@H](C)N3CCN(C(=O)O)CC3)c2)cn1. The summed E-state index contributed by atoms with van der Waals surface area (Å²) in [5.41, 5.74) is 3.28. The van der Waals surface area contributed by atoms with Gasteiger partial charge in [0.25, 0.3) is 0 Å². The highest BCUT2D eigenvalue weighted by Crippen LogP contribution is 2.24. The number of urea groups is 1. The predicted octanol–water partition coefficient (Wildman–Crippen LogP) is 3.39. The molecule has 0 saturated carbocycles. The second-order valence-electron chi connectivity index (χ2n) is 6.87. The number of amides is 3. The zero-order valence-corrected chi connectivity index (χ0v) is 16.1. The number of pyridine rings is 1. The zero-order valence-electron chi connectivity index (χ0n) is 16.1. The molecule has 148 valence electrons. The van der Waals surface area contributed by atoms with Gasteiger partial charge in [0, 0.05) is 43.6 Å². The molecule has 1 saturated heterocycles. The van der Waals surface area contributed by atoms with Crippen molar-refractivity contribution < 1.29 is 14.7 Å². The predicted molar refractivity (Wildman–Crippen MR) is 108 cm³/mol. The largest absolute Gasteiger partial charge is 0.465 e. The Labute approximate surface area is 164 Å². The third-order valence-corrected chi connectivity index (χ3v) is 4.93. The highest BCUT2D eigenvalue weighted by atomic mass is 16.4. The van der Waals surface area contributed by atoms with Crippen LogP contribution in [0.3, 0.4) is 0 Å². The number of benzene rings is 1. The van der Waals surface area contributed by atoms with Crippen molar-refractivity contribution in [3.8, 4) is 0 Å². The summed E-state index contributed by atoms with van der Waals surface area (Å²) in [7, 11) is 0. The topological polar surface area (TPSA) is 97.8 Å². The lowest BCUT2D eigenvalue weighted by Crippen LogP contribution is -2.48. The number of carbonyl (C=O) groups excluding carboxylic acids is 1. The normalized spacial score (nSPS) is 15.7. The van der Waals surface area contributed by atoms with Crippen LogP contribution < -0.4 is 10.6 Å². The van der Waals surface area contributed by atoms with Crippen molar-refractivity contribution in [3.63, 3.8) is 0 Å². The fourth-order valence-corrected chi connectivity index (χ4v) is 3.22. The molecule has 0 spiro atoms. The Kier molecular flexibility index (Phi) is 6.10. The Morgan fingerprint density at radius 2 is 1.79 bits per heavy atom. The third kappa shape index (κ3) is 4.98. The van der Waals surface area contributed by atoms with Gasteiger partial charge < -0.3 is 20.6 Å². The molecule has 1 aromatic heterocycles. The fraction of sp³-hybridized carbons (Fsp3) is 0.350. The second kappa shape index (κ2) is 8.71. The lowest BCUT2D eigenvalue weighted by Gasteiger charge is -2.37. The van der Waals surface area contributed by atoms with Crippen LogP contribution in [0.4, 0.5) is 21.0 Å². The highest BCUT2D eigenvalue weighted by molar-refractivity contribution is 5.99. The van der Waals surface area contributed by atoms with Crippen LogP contribution in [-0.2, 0) is 0 Å². The van der Waals surface area contributed by atoms with Gasteiger partial charge in [0.2, 0.25) is 0 Å². The van der Waals surface area contributed by atoms with E-state index in [9.17, 15) is 9.59 Å². The molecule has 2 heterocycles. The summed E-state index contributed by atoms with van der Waals surface area (Å²) in [6, 6.07) is 11.1. The molecule has 1 fully saturated rings. The maximum Gasteiger partial charge on any atom is 0.407 e. The van der Waals surface area contributed by atoms with Crippen LogP contribution in [0.25, 0.3) is 0 Å². The minimum absolute atomic E-state index is 0.127. The van der Waals surface area contributed by atoms with E-state index in [1.54, 1.807) is 12.3 Å². The number of aryl methyl sites for hydroxylation is 1. The first-order valence-corrected chi connectivity index (χ1v) is 9.25. The van der Waals surface area contributed by atoms with Crippen LogP contribution in [0.15, 0.2) is 42.6 Å². The molecule has 0 bridgehead atoms. The molecule has 0 radical (unpaired) electrons. The fourth-order valence-electron chi connectivity index (χ4n) is 3.22. The van der Waals surface area contributed by atoms with Gasteiger partial charge in [0.05, 0.1) is 11.9 Å². The van der Waals surface area contributed by atoms with Crippen LogP contribution >= 0.6 is 0 Å². The van der Waals surface area contributed by atoms with Crippen molar-refractivity contribution in [2.75, 3.05) is 36.8 Å². The van der Waals surface area contributed by atoms with Crippen molar-refractivity contribution in [1.29, 1.82) is 0 Å². The minimum atomic E-state index is -0.867. The van der Waals surface area contributed by atoms with Gasteiger partial charge in [-0.2, -0.15) is 0 Å². The Morgan fingerprint density at radius 3 is 2.43 bits per heavy atom. The molecule has 28 heavy (non-hydrogen) atoms. The van der Waals surface area contributed by atoms with Gasteiger partial charge in [-0.25, -0.2) is 9.59 Å². The number of aromatic nitrogens is 1. The molecule has 1 aliphatic heterocycles. The number of nitrogens with one attached hydrogen (secondary N) is 2. The van der Waals surface area contributed by atoms with E-state index in [1.807, 2.05) is 37.3 Å². The van der Waals surface area contributed by atoms with E-state index in [0.717, 1.165) is 11.3 Å². The summed E-state index contributed by atoms with van der Waals surface area (Å²) in [5.74, 6) is 0. The maximum atomic E-state index is 12.2. The molecule has 0 unspecified atom stereocenters. The van der Waals surface area contributed by atoms with E-state index in [-0.39, 0.29) is 12.1 Å². The molecular formula is C20H25N5O3. The molecule has 1 aromatic carbocycles. The Hall–Kier alpha value is -3.13. The Bertz CT molecular complexity index is 832. The summed E-state index contributed by atoms with van der Waals surface area (Å²) >= 11 is 0. The number of nitrogens with zero attached hydrogens (tertiary/aromatic N) is 3. The summed E-state index contributed by atoms with van der Waals surface area (Å²) in [6.07, 6.45) is 0.748. The monoisotopic (exact) mass is 383 g/mol. The van der Waals surface area contributed by atoms with Gasteiger partial charge >= 0.3 is 12.1 Å². The lowest BCUT2D eigenvalue weighted by molar-refractivity contribution is 0.0889. The number of anilines is 2. The van der Waals surface area contributed by atoms with E-state index in [4.69, 9.17) is 5.11 Å². The molecule has 1 aliphatic rings. The smallest absolute Gasteiger partial charge is 0.407 e. The molecule has 2 aromatic rings. The first-order valence-electron chi connectivity index (χ1n) is 9.25. The first kappa shape index (κ1) is 19.6. The van der Waals surface area contributed by atoms with Crippen LogP contribution in [0.1, 0.15) is 24.2 Å². The maximum absolute atomic E-state index is 12.2. The average molecular weight is 383 g/mol. The van der Waals surface area contributed by atoms with Gasteiger partial charge in [-0.15, -0.1) is 0 Å². The number of hydrogen-bond donors (Lipinski definition) is 3. The van der Waals surface area contributed by atoms with Crippen molar-refractivity contribution in [2.45, 2.75) is 19.9 Å². The molecular weight excluding hydrogens is 358 g/mol. The second-order valence-corrected chi connectivity index (χ2v) is 6.87. The van der Waals surface area contributed by atoms with E-state index in [0.29, 0.717) is 37.6 Å². The van der Waals surface area contributed by atoms with Gasteiger partial charge in [-0.1, -0.05) is 12.1 Å². The van der Waals surface area contributed by atoms with Crippen LogP contribution in [-0.4, -0.2) is 58.2 Å². The molecule has 3 rings (SSSR count). The number of carbonyl (C=O) groups is 2. The number of piperazine rings is 1. The van der Waals surface area contributed by atoms with Gasteiger partial charge in [0.1, 0.15) is 0 Å². The van der Waals surface area contributed by atoms with Gasteiger partial charge in [-0.3, -0.25) is 9.88 Å². The standard InChI is InChI=1S/C20H25N5O3/c1-14-6-7-18(13-21-14)23-19(26)22-17-5-3-4-16(12-17)15(2)24-8-10-25(11-9-24)20(27)28/h3-7,12-13,15H,8-11H2,1-2H3,(H,27,28)(H2,22,23,26)/t15-/m1/s1. The van der Waals surface area contributed by atoms with Gasteiger partial charge in [0.15, 0.2) is 0 Å². The van der Waals surface area contributed by atoms with Crippen molar-refractivity contribution >= 4 is 23.5 Å². The molecule has 8 heteroatoms. The lowest BCUT2D eigenvalue weighted by atomic mass is 10.1. The molecule has 0 aliphatic carbocycles. The number of hydrogen-bond acceptors (Lipinski definition) is 4. The van der Waals surface area contributed by atoms with E-state index >= 15 is 0 Å². The van der Waals surface area contributed by atoms with E-state index in [2.05, 4.69) is 27.4 Å². The van der Waals surface area contributed by atoms with Crippen LogP contribution in [0.2, 0.25) is 0 Å². The number of rotatable bonds is 4. The Morgan fingerprint density at radius 1 is 1.07 bits per heavy atom. The summed E-state index contributed by atoms with van der Waals surface area (Å²) in [4.78, 5) is 31.1. The summed E-state index contributed by atoms with van der Waals surface area (Å²) in [5, 5.41) is 14.7. The minimum Gasteiger partial charge on any atom is -0.465 e. The van der Waals surface area contributed by atoms with Crippen LogP contribution in [0.5, 0.6) is 0 Å². The molecule has 3 N–H and O–H groups in total. The quantitative estimate of drug-likeness (QED) is 0.752. The Balaban J connectivity index is 1.59. The van der Waals surface area contributed by atoms with Gasteiger partial charge in [-0.05, 0) is 43.7 Å². The van der Waals surface area contributed by atoms with Crippen molar-refractivity contribution in [1.82, 2.24) is 14.8 Å². The van der Waals surface area contributed by atoms with E-state index < -0.39 is 6.09 Å². The first-order chi connectivity index (χ1) is 13.4. The zero-order chi connectivity index (χ0) is 20.1. The van der Waals surface area contributed by atoms with Crippen molar-refractivity contribution in [3.05, 3.63) is 53.9 Å². The number of carboxylic acid groups (broad SMARTS) is 1. The molecule has 3 amide bonds. The van der Waals surface area contributed by atoms with Crippen molar-refractivity contribution in [2.24, 2.45) is 0 Å². The summed E-state index contributed by atoms with van der Waals surface area (Å²) < 4.78 is 0. The molecule has 1 atom stereocenters. The van der Waals surface area contributed by atoms with E-state index in [1.165, 1.54) is 4.90 Å². The molecule has 8 nitrogen and oxygen atoms in total. The summed E-state index contributed by atoms with van der Waals surface area (Å²) in [6.45, 7) is 6.36. The highest BCUT2D eigenvalue weighted by Gasteiger charge is 2.24.